The number of nitrogens with one attached hydrogen (secondary N) is 1. The van der Waals surface area contributed by atoms with Crippen LogP contribution in [0.1, 0.15) is 24.3 Å². The zero-order valence-corrected chi connectivity index (χ0v) is 17.6. The highest BCUT2D eigenvalue weighted by molar-refractivity contribution is 6.06. The average Bonchev–Trinajstić information content (AvgIpc) is 3.28. The normalized spacial score (nSPS) is 15.0. The molecule has 0 fully saturated rings. The van der Waals surface area contributed by atoms with Gasteiger partial charge in [0.25, 0.3) is 5.91 Å². The van der Waals surface area contributed by atoms with Crippen LogP contribution in [-0.4, -0.2) is 46.8 Å². The number of ether oxygens (including phenoxy) is 2. The predicted octanol–water partition coefficient (Wildman–Crippen LogP) is 2.80. The van der Waals surface area contributed by atoms with Crippen molar-refractivity contribution < 1.29 is 23.9 Å². The number of nitrogens with zero attached hydrogens (tertiary/aromatic N) is 3. The van der Waals surface area contributed by atoms with Crippen molar-refractivity contribution in [1.29, 1.82) is 0 Å². The Balaban J connectivity index is 1.54. The molecule has 1 N–H and O–H groups in total. The number of carbonyl (C=O) groups excluding carboxylic acids is 3. The van der Waals surface area contributed by atoms with Crippen LogP contribution >= 0.6 is 0 Å². The summed E-state index contributed by atoms with van der Waals surface area (Å²) >= 11 is 0. The van der Waals surface area contributed by atoms with Gasteiger partial charge in [-0.1, -0.05) is 24.3 Å². The lowest BCUT2D eigenvalue weighted by Crippen LogP contribution is -2.47. The van der Waals surface area contributed by atoms with Gasteiger partial charge in [0.2, 0.25) is 5.91 Å². The lowest BCUT2D eigenvalue weighted by Gasteiger charge is -2.32. The largest absolute Gasteiger partial charge is 0.479 e. The summed E-state index contributed by atoms with van der Waals surface area (Å²) in [5.41, 5.74) is 1.76. The predicted molar refractivity (Wildman–Crippen MR) is 117 cm³/mol. The molecule has 1 aromatic heterocycles. The van der Waals surface area contributed by atoms with Gasteiger partial charge in [-0.25, -0.2) is 9.48 Å². The van der Waals surface area contributed by atoms with Gasteiger partial charge in [-0.05, 0) is 44.2 Å². The molecule has 9 nitrogen and oxygen atoms in total. The number of rotatable bonds is 6. The van der Waals surface area contributed by atoms with Crippen LogP contribution in [0.15, 0.2) is 60.8 Å². The van der Waals surface area contributed by atoms with E-state index in [9.17, 15) is 14.4 Å². The summed E-state index contributed by atoms with van der Waals surface area (Å²) in [6.45, 7) is 3.45. The van der Waals surface area contributed by atoms with Crippen LogP contribution in [0.5, 0.6) is 5.75 Å². The third-order valence-corrected chi connectivity index (χ3v) is 4.87. The third-order valence-electron chi connectivity index (χ3n) is 4.87. The number of amides is 2. The summed E-state index contributed by atoms with van der Waals surface area (Å²) in [6.07, 6.45) is 0.927. The van der Waals surface area contributed by atoms with Gasteiger partial charge in [-0.2, -0.15) is 5.10 Å². The van der Waals surface area contributed by atoms with E-state index < -0.39 is 12.1 Å². The summed E-state index contributed by atoms with van der Waals surface area (Å²) in [7, 11) is 0. The van der Waals surface area contributed by atoms with Gasteiger partial charge in [0, 0.05) is 6.20 Å². The Kier molecular flexibility index (Phi) is 5.89. The lowest BCUT2D eigenvalue weighted by atomic mass is 10.2. The maximum absolute atomic E-state index is 12.9. The number of aromatic nitrogens is 2. The number of anilines is 2. The van der Waals surface area contributed by atoms with Gasteiger partial charge in [0.05, 0.1) is 23.7 Å². The molecule has 0 spiro atoms. The average molecular weight is 434 g/mol. The van der Waals surface area contributed by atoms with Crippen molar-refractivity contribution in [3.63, 3.8) is 0 Å². The maximum Gasteiger partial charge on any atom is 0.358 e. The molecule has 164 valence electrons. The van der Waals surface area contributed by atoms with Gasteiger partial charge in [0.15, 0.2) is 11.8 Å². The van der Waals surface area contributed by atoms with Crippen molar-refractivity contribution in [1.82, 2.24) is 9.78 Å². The summed E-state index contributed by atoms with van der Waals surface area (Å²) in [5, 5.41) is 7.08. The van der Waals surface area contributed by atoms with E-state index in [1.807, 2.05) is 6.07 Å². The zero-order chi connectivity index (χ0) is 22.7. The molecular formula is C23H22N4O5. The Labute approximate surface area is 184 Å². The Morgan fingerprint density at radius 3 is 2.59 bits per heavy atom. The number of esters is 1. The highest BCUT2D eigenvalue weighted by Gasteiger charge is 2.32. The van der Waals surface area contributed by atoms with Gasteiger partial charge < -0.3 is 14.8 Å². The first-order chi connectivity index (χ1) is 15.5. The quantitative estimate of drug-likeness (QED) is 0.599. The molecule has 1 unspecified atom stereocenters. The van der Waals surface area contributed by atoms with E-state index in [-0.39, 0.29) is 30.7 Å². The molecule has 2 aromatic carbocycles. The van der Waals surface area contributed by atoms with E-state index in [1.54, 1.807) is 68.6 Å². The molecule has 2 amide bonds. The monoisotopic (exact) mass is 434 g/mol. The highest BCUT2D eigenvalue weighted by Crippen LogP contribution is 2.33. The number of para-hydroxylation sites is 4. The van der Waals surface area contributed by atoms with Crippen LogP contribution in [0, 0.1) is 0 Å². The highest BCUT2D eigenvalue weighted by atomic mass is 16.5. The van der Waals surface area contributed by atoms with Crippen LogP contribution in [0.2, 0.25) is 0 Å². The fraction of sp³-hybridized carbons (Fsp3) is 0.217. The molecule has 0 aliphatic carbocycles. The molecule has 1 aliphatic rings. The SMILES string of the molecule is CCOC(=O)c1ccn(-c2ccccc2NC(=O)CN2C(=O)C(C)Oc3ccccc32)n1. The number of hydrogen-bond acceptors (Lipinski definition) is 6. The molecule has 0 radical (unpaired) electrons. The second-order valence-electron chi connectivity index (χ2n) is 7.08. The van der Waals surface area contributed by atoms with Gasteiger partial charge in [0.1, 0.15) is 12.3 Å². The molecule has 2 heterocycles. The molecule has 1 aliphatic heterocycles. The number of hydrogen-bond donors (Lipinski definition) is 1. The van der Waals surface area contributed by atoms with Crippen molar-refractivity contribution in [2.75, 3.05) is 23.4 Å². The van der Waals surface area contributed by atoms with Crippen LogP contribution in [0.4, 0.5) is 11.4 Å². The number of fused-ring (bicyclic) bond motifs is 1. The number of carbonyl (C=O) groups is 3. The summed E-state index contributed by atoms with van der Waals surface area (Å²) < 4.78 is 12.1. The van der Waals surface area contributed by atoms with E-state index in [1.165, 1.54) is 9.58 Å². The molecule has 1 atom stereocenters. The van der Waals surface area contributed by atoms with E-state index in [2.05, 4.69) is 10.4 Å². The Morgan fingerprint density at radius 1 is 1.09 bits per heavy atom. The molecular weight excluding hydrogens is 412 g/mol. The fourth-order valence-electron chi connectivity index (χ4n) is 3.41. The first-order valence-electron chi connectivity index (χ1n) is 10.2. The summed E-state index contributed by atoms with van der Waals surface area (Å²) in [5.74, 6) is -0.645. The molecule has 0 saturated carbocycles. The molecule has 3 aromatic rings. The zero-order valence-electron chi connectivity index (χ0n) is 17.6. The van der Waals surface area contributed by atoms with Crippen molar-refractivity contribution in [2.45, 2.75) is 20.0 Å². The smallest absolute Gasteiger partial charge is 0.358 e. The van der Waals surface area contributed by atoms with Crippen molar-refractivity contribution in [3.05, 3.63) is 66.5 Å². The minimum Gasteiger partial charge on any atom is -0.479 e. The van der Waals surface area contributed by atoms with Crippen LogP contribution < -0.4 is 15.0 Å². The van der Waals surface area contributed by atoms with E-state index in [4.69, 9.17) is 9.47 Å². The third kappa shape index (κ3) is 4.18. The second-order valence-corrected chi connectivity index (χ2v) is 7.08. The standard InChI is InChI=1S/C23H22N4O5/c1-3-31-23(30)17-12-13-27(25-17)18-9-5-4-8-16(18)24-21(28)14-26-19-10-6-7-11-20(19)32-15(2)22(26)29/h4-13,15H,3,14H2,1-2H3,(H,24,28). The molecule has 9 heteroatoms. The number of benzene rings is 2. The first-order valence-corrected chi connectivity index (χ1v) is 10.2. The Morgan fingerprint density at radius 2 is 1.81 bits per heavy atom. The van der Waals surface area contributed by atoms with Crippen LogP contribution in [0.25, 0.3) is 5.69 Å². The van der Waals surface area contributed by atoms with E-state index in [0.717, 1.165) is 0 Å². The Bertz CT molecular complexity index is 1170. The van der Waals surface area contributed by atoms with Crippen LogP contribution in [0.3, 0.4) is 0 Å². The van der Waals surface area contributed by atoms with Crippen molar-refractivity contribution in [2.24, 2.45) is 0 Å². The first kappa shape index (κ1) is 21.1. The van der Waals surface area contributed by atoms with Crippen molar-refractivity contribution in [3.8, 4) is 11.4 Å². The van der Waals surface area contributed by atoms with Gasteiger partial charge >= 0.3 is 5.97 Å². The lowest BCUT2D eigenvalue weighted by molar-refractivity contribution is -0.127. The minimum atomic E-state index is -0.685. The molecule has 0 saturated heterocycles. The van der Waals surface area contributed by atoms with Gasteiger partial charge in [-0.15, -0.1) is 0 Å². The second kappa shape index (κ2) is 8.93. The minimum absolute atomic E-state index is 0.164. The van der Waals surface area contributed by atoms with Gasteiger partial charge in [-0.3, -0.25) is 14.5 Å². The topological polar surface area (TPSA) is 103 Å². The Hall–Kier alpha value is -4.14. The fourth-order valence-corrected chi connectivity index (χ4v) is 3.41. The molecule has 0 bridgehead atoms. The maximum atomic E-state index is 12.9. The van der Waals surface area contributed by atoms with E-state index in [0.29, 0.717) is 22.8 Å². The van der Waals surface area contributed by atoms with E-state index >= 15 is 0 Å². The molecule has 4 rings (SSSR count). The summed E-state index contributed by atoms with van der Waals surface area (Å²) in [4.78, 5) is 38.8. The van der Waals surface area contributed by atoms with Crippen LogP contribution in [-0.2, 0) is 14.3 Å². The summed E-state index contributed by atoms with van der Waals surface area (Å²) in [6, 6.07) is 15.7. The van der Waals surface area contributed by atoms with Crippen molar-refractivity contribution >= 4 is 29.2 Å². The molecule has 32 heavy (non-hydrogen) atoms.